The van der Waals surface area contributed by atoms with Crippen molar-refractivity contribution in [1.29, 1.82) is 0 Å². The lowest BCUT2D eigenvalue weighted by Crippen LogP contribution is -2.39. The van der Waals surface area contributed by atoms with Crippen molar-refractivity contribution in [3.63, 3.8) is 0 Å². The van der Waals surface area contributed by atoms with Crippen LogP contribution in [0, 0.1) is 5.41 Å². The van der Waals surface area contributed by atoms with Crippen LogP contribution in [-0.2, 0) is 9.53 Å². The Morgan fingerprint density at radius 1 is 1.27 bits per heavy atom. The highest BCUT2D eigenvalue weighted by Gasteiger charge is 2.30. The second-order valence-corrected chi connectivity index (χ2v) is 3.52. The van der Waals surface area contributed by atoms with Crippen molar-refractivity contribution in [2.75, 3.05) is 26.4 Å². The van der Waals surface area contributed by atoms with Gasteiger partial charge in [-0.15, -0.1) is 0 Å². The maximum absolute atomic E-state index is 11.2. The minimum absolute atomic E-state index is 0.208. The Balaban J connectivity index is 4.29. The molecule has 0 radical (unpaired) electrons. The van der Waals surface area contributed by atoms with E-state index in [1.165, 1.54) is 0 Å². The number of allylic oxidation sites excluding steroid dienone is 1. The highest BCUT2D eigenvalue weighted by Crippen LogP contribution is 2.15. The van der Waals surface area contributed by atoms with Crippen LogP contribution in [-0.4, -0.2) is 47.7 Å². The monoisotopic (exact) mass is 218 g/mol. The Hall–Kier alpha value is -0.910. The number of carbonyl (C=O) groups excluding carboxylic acids is 1. The average molecular weight is 218 g/mol. The fraction of sp³-hybridized carbons (Fsp3) is 0.700. The van der Waals surface area contributed by atoms with E-state index in [0.717, 1.165) is 0 Å². The highest BCUT2D eigenvalue weighted by atomic mass is 16.5. The van der Waals surface area contributed by atoms with Crippen LogP contribution >= 0.6 is 0 Å². The highest BCUT2D eigenvalue weighted by molar-refractivity contribution is 5.87. The minimum Gasteiger partial charge on any atom is -0.461 e. The van der Waals surface area contributed by atoms with Gasteiger partial charge in [-0.05, 0) is 13.8 Å². The molecule has 0 fully saturated rings. The normalized spacial score (nSPS) is 12.7. The summed E-state index contributed by atoms with van der Waals surface area (Å²) in [4.78, 5) is 11.2. The first-order valence-electron chi connectivity index (χ1n) is 4.68. The smallest absolute Gasteiger partial charge is 0.333 e. The van der Waals surface area contributed by atoms with Crippen LogP contribution in [0.5, 0.6) is 0 Å². The molecular weight excluding hydrogens is 200 g/mol. The fourth-order valence-electron chi connectivity index (χ4n) is 0.737. The van der Waals surface area contributed by atoms with Crippen LogP contribution in [0.25, 0.3) is 0 Å². The maximum Gasteiger partial charge on any atom is 0.333 e. The number of esters is 1. The van der Waals surface area contributed by atoms with Crippen molar-refractivity contribution in [3.05, 3.63) is 11.6 Å². The fourth-order valence-corrected chi connectivity index (χ4v) is 0.737. The first kappa shape index (κ1) is 14.1. The zero-order chi connectivity index (χ0) is 11.9. The molecule has 0 amide bonds. The molecule has 88 valence electrons. The lowest BCUT2D eigenvalue weighted by molar-refractivity contribution is -0.146. The Bertz CT molecular complexity index is 222. The number of hydrogen-bond donors (Lipinski definition) is 3. The summed E-state index contributed by atoms with van der Waals surface area (Å²) in [6, 6.07) is 0. The van der Waals surface area contributed by atoms with Gasteiger partial charge in [0.15, 0.2) is 0 Å². The standard InChI is InChI=1S/C10H18O5/c1-3-8(2)9(14)15-7-10(4-11,5-12)6-13/h3,11-13H,4-7H2,1-2H3. The van der Waals surface area contributed by atoms with Crippen LogP contribution in [0.3, 0.4) is 0 Å². The van der Waals surface area contributed by atoms with Crippen molar-refractivity contribution in [1.82, 2.24) is 0 Å². The maximum atomic E-state index is 11.2. The van der Waals surface area contributed by atoms with Gasteiger partial charge in [0.05, 0.1) is 25.2 Å². The molecule has 0 saturated heterocycles. The molecule has 5 nitrogen and oxygen atoms in total. The predicted molar refractivity (Wildman–Crippen MR) is 54.1 cm³/mol. The first-order chi connectivity index (χ1) is 7.05. The van der Waals surface area contributed by atoms with E-state index in [2.05, 4.69) is 0 Å². The van der Waals surface area contributed by atoms with E-state index in [0.29, 0.717) is 5.57 Å². The van der Waals surface area contributed by atoms with Crippen molar-refractivity contribution < 1.29 is 24.9 Å². The summed E-state index contributed by atoms with van der Waals surface area (Å²) in [7, 11) is 0. The largest absolute Gasteiger partial charge is 0.461 e. The summed E-state index contributed by atoms with van der Waals surface area (Å²) < 4.78 is 4.85. The molecule has 0 atom stereocenters. The topological polar surface area (TPSA) is 87.0 Å². The third-order valence-electron chi connectivity index (χ3n) is 2.27. The lowest BCUT2D eigenvalue weighted by atomic mass is 9.93. The number of carbonyl (C=O) groups is 1. The molecule has 5 heteroatoms. The molecule has 15 heavy (non-hydrogen) atoms. The molecule has 0 aromatic heterocycles. The molecule has 0 aliphatic heterocycles. The first-order valence-corrected chi connectivity index (χ1v) is 4.68. The van der Waals surface area contributed by atoms with Gasteiger partial charge in [-0.2, -0.15) is 0 Å². The van der Waals surface area contributed by atoms with E-state index in [1.54, 1.807) is 19.9 Å². The van der Waals surface area contributed by atoms with E-state index in [4.69, 9.17) is 20.1 Å². The van der Waals surface area contributed by atoms with Crippen LogP contribution < -0.4 is 0 Å². The quantitative estimate of drug-likeness (QED) is 0.411. The summed E-state index contributed by atoms with van der Waals surface area (Å²) in [5, 5.41) is 26.9. The SMILES string of the molecule is CC=C(C)C(=O)OCC(CO)(CO)CO. The lowest BCUT2D eigenvalue weighted by Gasteiger charge is -2.26. The Morgan fingerprint density at radius 2 is 1.73 bits per heavy atom. The van der Waals surface area contributed by atoms with Crippen molar-refractivity contribution in [3.8, 4) is 0 Å². The Labute approximate surface area is 89.0 Å². The summed E-state index contributed by atoms with van der Waals surface area (Å²) in [5.74, 6) is -0.516. The van der Waals surface area contributed by atoms with E-state index in [-0.39, 0.29) is 6.61 Å². The van der Waals surface area contributed by atoms with Crippen LogP contribution in [0.15, 0.2) is 11.6 Å². The van der Waals surface area contributed by atoms with E-state index in [9.17, 15) is 4.79 Å². The number of aliphatic hydroxyl groups is 3. The molecule has 0 aromatic carbocycles. The van der Waals surface area contributed by atoms with Crippen LogP contribution in [0.4, 0.5) is 0 Å². The van der Waals surface area contributed by atoms with Gasteiger partial charge in [0, 0.05) is 5.57 Å². The molecule has 3 N–H and O–H groups in total. The van der Waals surface area contributed by atoms with E-state index in [1.807, 2.05) is 0 Å². The number of rotatable bonds is 6. The van der Waals surface area contributed by atoms with Crippen molar-refractivity contribution in [2.24, 2.45) is 5.41 Å². The van der Waals surface area contributed by atoms with Gasteiger partial charge in [0.1, 0.15) is 6.61 Å². The Morgan fingerprint density at radius 3 is 2.07 bits per heavy atom. The average Bonchev–Trinajstić information content (AvgIpc) is 2.30. The molecular formula is C10H18O5. The van der Waals surface area contributed by atoms with Crippen LogP contribution in [0.1, 0.15) is 13.8 Å². The molecule has 0 saturated carbocycles. The summed E-state index contributed by atoms with van der Waals surface area (Å²) in [5.41, 5.74) is -0.721. The molecule has 0 rings (SSSR count). The van der Waals surface area contributed by atoms with Gasteiger partial charge in [0.25, 0.3) is 0 Å². The van der Waals surface area contributed by atoms with E-state index < -0.39 is 31.2 Å². The van der Waals surface area contributed by atoms with Gasteiger partial charge < -0.3 is 20.1 Å². The second kappa shape index (κ2) is 6.55. The van der Waals surface area contributed by atoms with Gasteiger partial charge >= 0.3 is 5.97 Å². The third-order valence-corrected chi connectivity index (χ3v) is 2.27. The molecule has 0 bridgehead atoms. The third kappa shape index (κ3) is 3.99. The van der Waals surface area contributed by atoms with Gasteiger partial charge in [-0.25, -0.2) is 4.79 Å². The number of aliphatic hydroxyl groups excluding tert-OH is 3. The number of ether oxygens (including phenoxy) is 1. The summed E-state index contributed by atoms with van der Waals surface area (Å²) >= 11 is 0. The zero-order valence-electron chi connectivity index (χ0n) is 9.06. The van der Waals surface area contributed by atoms with Gasteiger partial charge in [0.2, 0.25) is 0 Å². The summed E-state index contributed by atoms with van der Waals surface area (Å²) in [6.07, 6.45) is 1.60. The van der Waals surface area contributed by atoms with Gasteiger partial charge in [-0.3, -0.25) is 0 Å². The minimum atomic E-state index is -1.16. The molecule has 0 aliphatic carbocycles. The molecule has 0 spiro atoms. The molecule has 0 unspecified atom stereocenters. The second-order valence-electron chi connectivity index (χ2n) is 3.52. The molecule has 0 heterocycles. The zero-order valence-corrected chi connectivity index (χ0v) is 9.06. The van der Waals surface area contributed by atoms with Crippen LogP contribution in [0.2, 0.25) is 0 Å². The van der Waals surface area contributed by atoms with Gasteiger partial charge in [-0.1, -0.05) is 6.08 Å². The Kier molecular flexibility index (Phi) is 6.15. The van der Waals surface area contributed by atoms with Crippen molar-refractivity contribution >= 4 is 5.97 Å². The summed E-state index contributed by atoms with van der Waals surface area (Å²) in [6.45, 7) is 1.77. The van der Waals surface area contributed by atoms with E-state index >= 15 is 0 Å². The van der Waals surface area contributed by atoms with Crippen molar-refractivity contribution in [2.45, 2.75) is 13.8 Å². The predicted octanol–water partition coefficient (Wildman–Crippen LogP) is -0.541. The number of hydrogen-bond acceptors (Lipinski definition) is 5. The molecule has 0 aromatic rings. The molecule has 0 aliphatic rings.